The molecular formula is C25H19ClF3N3O2S. The molecule has 2 aromatic carbocycles. The second-order valence-electron chi connectivity index (χ2n) is 8.01. The Balaban J connectivity index is 1.70. The number of Topliss-reactive ketones (excluding diaryl/α,β-unsaturated/α-hetero) is 1. The molecule has 0 aromatic heterocycles. The van der Waals surface area contributed by atoms with E-state index in [4.69, 9.17) is 11.6 Å². The lowest BCUT2D eigenvalue weighted by atomic mass is 9.75. The van der Waals surface area contributed by atoms with Crippen molar-refractivity contribution in [2.45, 2.75) is 31.4 Å². The third kappa shape index (κ3) is 5.39. The summed E-state index contributed by atoms with van der Waals surface area (Å²) in [7, 11) is 0. The Labute approximate surface area is 209 Å². The first-order valence-electron chi connectivity index (χ1n) is 10.7. The highest BCUT2D eigenvalue weighted by Gasteiger charge is 2.42. The lowest BCUT2D eigenvalue weighted by Gasteiger charge is -2.34. The van der Waals surface area contributed by atoms with Crippen LogP contribution in [0.15, 0.2) is 70.4 Å². The normalized spacial score (nSPS) is 18.0. The van der Waals surface area contributed by atoms with Gasteiger partial charge in [0.05, 0.1) is 33.9 Å². The largest absolute Gasteiger partial charge is 0.416 e. The number of dihydropyridines is 1. The van der Waals surface area contributed by atoms with Crippen LogP contribution in [0.25, 0.3) is 0 Å². The Hall–Kier alpha value is -3.22. The number of benzene rings is 2. The average molecular weight is 518 g/mol. The number of ketones is 1. The van der Waals surface area contributed by atoms with E-state index >= 15 is 0 Å². The molecule has 4 rings (SSSR count). The van der Waals surface area contributed by atoms with Gasteiger partial charge in [0, 0.05) is 28.4 Å². The number of hydrogen-bond donors (Lipinski definition) is 2. The van der Waals surface area contributed by atoms with Gasteiger partial charge in [-0.25, -0.2) is 0 Å². The van der Waals surface area contributed by atoms with Crippen LogP contribution in [0, 0.1) is 11.3 Å². The second-order valence-corrected chi connectivity index (χ2v) is 9.44. The number of carbonyl (C=O) groups excluding carboxylic acids is 2. The summed E-state index contributed by atoms with van der Waals surface area (Å²) in [4.78, 5) is 25.4. The van der Waals surface area contributed by atoms with E-state index in [2.05, 4.69) is 10.6 Å². The SMILES string of the molecule is N#CC1=C(SCC(=O)Nc2cccc(Cl)c2)NC2=C(C(=O)CCC2)C1c1ccccc1C(F)(F)F. The van der Waals surface area contributed by atoms with Gasteiger partial charge in [0.1, 0.15) is 0 Å². The van der Waals surface area contributed by atoms with E-state index in [1.165, 1.54) is 18.2 Å². The maximum absolute atomic E-state index is 13.9. The van der Waals surface area contributed by atoms with Crippen LogP contribution in [0.2, 0.25) is 5.02 Å². The molecule has 1 heterocycles. The van der Waals surface area contributed by atoms with E-state index in [1.54, 1.807) is 24.3 Å². The molecule has 1 unspecified atom stereocenters. The zero-order chi connectivity index (χ0) is 25.2. The fraction of sp³-hybridized carbons (Fsp3) is 0.240. The predicted molar refractivity (Wildman–Crippen MR) is 128 cm³/mol. The minimum atomic E-state index is -4.66. The van der Waals surface area contributed by atoms with Crippen molar-refractivity contribution < 1.29 is 22.8 Å². The molecule has 1 amide bonds. The number of alkyl halides is 3. The Morgan fingerprint density at radius 3 is 2.69 bits per heavy atom. The third-order valence-corrected chi connectivity index (χ3v) is 6.95. The van der Waals surface area contributed by atoms with Crippen molar-refractivity contribution >= 4 is 40.7 Å². The van der Waals surface area contributed by atoms with Gasteiger partial charge in [0.2, 0.25) is 5.91 Å². The van der Waals surface area contributed by atoms with Crippen LogP contribution in [0.5, 0.6) is 0 Å². The van der Waals surface area contributed by atoms with Crippen molar-refractivity contribution in [1.82, 2.24) is 5.32 Å². The van der Waals surface area contributed by atoms with Gasteiger partial charge in [0.25, 0.3) is 0 Å². The van der Waals surface area contributed by atoms with Gasteiger partial charge in [-0.1, -0.05) is 47.6 Å². The Bertz CT molecular complexity index is 1300. The number of nitrogens with zero attached hydrogens (tertiary/aromatic N) is 1. The number of nitriles is 1. The minimum Gasteiger partial charge on any atom is -0.352 e. The van der Waals surface area contributed by atoms with Crippen LogP contribution in [-0.2, 0) is 15.8 Å². The monoisotopic (exact) mass is 517 g/mol. The van der Waals surface area contributed by atoms with Crippen LogP contribution >= 0.6 is 23.4 Å². The number of carbonyl (C=O) groups is 2. The summed E-state index contributed by atoms with van der Waals surface area (Å²) in [5.74, 6) is -1.93. The van der Waals surface area contributed by atoms with E-state index in [9.17, 15) is 28.0 Å². The fourth-order valence-corrected chi connectivity index (χ4v) is 5.31. The molecule has 10 heteroatoms. The summed E-state index contributed by atoms with van der Waals surface area (Å²) in [6.07, 6.45) is -3.45. The molecule has 2 N–H and O–H groups in total. The standard InChI is InChI=1S/C25H19ClF3N3O2S/c26-14-5-3-6-15(11-14)31-21(34)13-35-24-17(12-30)22(23-19(32-24)9-4-10-20(23)33)16-7-1-2-8-18(16)25(27,28)29/h1-3,5-8,11,22,32H,4,9-10,13H2,(H,31,34). The highest BCUT2D eigenvalue weighted by atomic mass is 35.5. The molecule has 0 fully saturated rings. The minimum absolute atomic E-state index is 0.0174. The van der Waals surface area contributed by atoms with Crippen LogP contribution in [0.3, 0.4) is 0 Å². The van der Waals surface area contributed by atoms with Crippen LogP contribution < -0.4 is 10.6 Å². The van der Waals surface area contributed by atoms with E-state index in [-0.39, 0.29) is 45.6 Å². The Kier molecular flexibility index (Phi) is 7.24. The molecular weight excluding hydrogens is 499 g/mol. The van der Waals surface area contributed by atoms with E-state index in [1.807, 2.05) is 6.07 Å². The maximum atomic E-state index is 13.9. The number of thioether (sulfide) groups is 1. The van der Waals surface area contributed by atoms with Gasteiger partial charge in [-0.2, -0.15) is 18.4 Å². The molecule has 2 aromatic rings. The summed E-state index contributed by atoms with van der Waals surface area (Å²) in [6.45, 7) is 0. The third-order valence-electron chi connectivity index (χ3n) is 5.70. The predicted octanol–water partition coefficient (Wildman–Crippen LogP) is 6.16. The van der Waals surface area contributed by atoms with Crippen LogP contribution in [-0.4, -0.2) is 17.4 Å². The summed E-state index contributed by atoms with van der Waals surface area (Å²) < 4.78 is 41.6. The molecule has 35 heavy (non-hydrogen) atoms. The van der Waals surface area contributed by atoms with E-state index in [0.717, 1.165) is 17.8 Å². The number of halogens is 4. The molecule has 0 radical (unpaired) electrons. The molecule has 0 spiro atoms. The Morgan fingerprint density at radius 1 is 1.20 bits per heavy atom. The van der Waals surface area contributed by atoms with Gasteiger partial charge >= 0.3 is 6.18 Å². The number of amides is 1. The molecule has 1 atom stereocenters. The second kappa shape index (κ2) is 10.2. The first kappa shape index (κ1) is 24.9. The average Bonchev–Trinajstić information content (AvgIpc) is 2.81. The lowest BCUT2D eigenvalue weighted by molar-refractivity contribution is -0.138. The fourth-order valence-electron chi connectivity index (χ4n) is 4.26. The maximum Gasteiger partial charge on any atom is 0.416 e. The van der Waals surface area contributed by atoms with E-state index in [0.29, 0.717) is 29.2 Å². The zero-order valence-corrected chi connectivity index (χ0v) is 19.8. The van der Waals surface area contributed by atoms with Crippen molar-refractivity contribution in [3.8, 4) is 6.07 Å². The number of rotatable bonds is 5. The zero-order valence-electron chi connectivity index (χ0n) is 18.2. The highest BCUT2D eigenvalue weighted by molar-refractivity contribution is 8.03. The first-order chi connectivity index (χ1) is 16.7. The molecule has 5 nitrogen and oxygen atoms in total. The van der Waals surface area contributed by atoms with Crippen molar-refractivity contribution in [3.05, 3.63) is 86.6 Å². The molecule has 1 aliphatic heterocycles. The summed E-state index contributed by atoms with van der Waals surface area (Å²) in [6, 6.07) is 13.6. The van der Waals surface area contributed by atoms with Crippen molar-refractivity contribution in [2.75, 3.05) is 11.1 Å². The lowest BCUT2D eigenvalue weighted by Crippen LogP contribution is -2.32. The van der Waals surface area contributed by atoms with Crippen molar-refractivity contribution in [1.29, 1.82) is 5.26 Å². The summed E-state index contributed by atoms with van der Waals surface area (Å²) in [5.41, 5.74) is 0.123. The van der Waals surface area contributed by atoms with Crippen molar-refractivity contribution in [2.24, 2.45) is 0 Å². The molecule has 0 saturated heterocycles. The van der Waals surface area contributed by atoms with E-state index < -0.39 is 17.7 Å². The first-order valence-corrected chi connectivity index (χ1v) is 12.1. The number of hydrogen-bond acceptors (Lipinski definition) is 5. The summed E-state index contributed by atoms with van der Waals surface area (Å²) >= 11 is 6.94. The highest BCUT2D eigenvalue weighted by Crippen LogP contribution is 2.47. The molecule has 0 bridgehead atoms. The molecule has 180 valence electrons. The Morgan fingerprint density at radius 2 is 1.97 bits per heavy atom. The number of allylic oxidation sites excluding steroid dienone is 3. The quantitative estimate of drug-likeness (QED) is 0.496. The summed E-state index contributed by atoms with van der Waals surface area (Å²) in [5, 5.41) is 16.5. The number of nitrogens with one attached hydrogen (secondary N) is 2. The number of anilines is 1. The van der Waals surface area contributed by atoms with Crippen LogP contribution in [0.4, 0.5) is 18.9 Å². The molecule has 1 aliphatic carbocycles. The van der Waals surface area contributed by atoms with Gasteiger partial charge in [-0.3, -0.25) is 9.59 Å². The molecule has 2 aliphatic rings. The molecule has 0 saturated carbocycles. The van der Waals surface area contributed by atoms with Gasteiger partial charge in [-0.05, 0) is 42.7 Å². The smallest absolute Gasteiger partial charge is 0.352 e. The van der Waals surface area contributed by atoms with Gasteiger partial charge in [0.15, 0.2) is 5.78 Å². The van der Waals surface area contributed by atoms with Gasteiger partial charge in [-0.15, -0.1) is 0 Å². The van der Waals surface area contributed by atoms with Crippen molar-refractivity contribution in [3.63, 3.8) is 0 Å². The topological polar surface area (TPSA) is 82.0 Å². The van der Waals surface area contributed by atoms with Crippen LogP contribution in [0.1, 0.15) is 36.3 Å². The van der Waals surface area contributed by atoms with Gasteiger partial charge < -0.3 is 10.6 Å².